The van der Waals surface area contributed by atoms with Crippen LogP contribution in [0.2, 0.25) is 0 Å². The maximum absolute atomic E-state index is 12.9. The van der Waals surface area contributed by atoms with Gasteiger partial charge in [0.05, 0.1) is 6.10 Å². The maximum Gasteiger partial charge on any atom is 0.377 e. The van der Waals surface area contributed by atoms with Gasteiger partial charge in [0.2, 0.25) is 0 Å². The molecule has 2 saturated carbocycles. The third kappa shape index (κ3) is 1.72. The third-order valence-corrected chi connectivity index (χ3v) is 6.22. The molecule has 2 bridgehead atoms. The number of hydrogen-bond donors (Lipinski definition) is 0. The molecule has 0 radical (unpaired) electrons. The fraction of sp³-hybridized carbons (Fsp3) is 0.909. The monoisotopic (exact) mass is 296 g/mol. The molecule has 8 heteroatoms. The summed E-state index contributed by atoms with van der Waals surface area (Å²) in [5.41, 5.74) is -0.593. The van der Waals surface area contributed by atoms with Crippen LogP contribution in [0.1, 0.15) is 26.7 Å². The fourth-order valence-corrected chi connectivity index (χ4v) is 5.75. The summed E-state index contributed by atoms with van der Waals surface area (Å²) in [5.74, 6) is -5.55. The highest BCUT2D eigenvalue weighted by Gasteiger charge is 2.71. The zero-order valence-corrected chi connectivity index (χ0v) is 11.2. The molecular weight excluding hydrogens is 282 g/mol. The Kier molecular flexibility index (Phi) is 2.41. The molecule has 1 saturated heterocycles. The quantitative estimate of drug-likeness (QED) is 0.563. The fourth-order valence-electron chi connectivity index (χ4n) is 3.68. The van der Waals surface area contributed by atoms with Crippen molar-refractivity contribution >= 4 is 16.1 Å². The van der Waals surface area contributed by atoms with Crippen LogP contribution in [0, 0.1) is 11.3 Å². The standard InChI is InChI=1S/C11H14F2O5S/c1-10-3-5-6(4-10)18-19(15,16)7(5)8(10)17-9(14)11(2,12)13/h5-8H,3-4H2,1-2H3. The van der Waals surface area contributed by atoms with Gasteiger partial charge in [-0.1, -0.05) is 6.92 Å². The molecule has 108 valence electrons. The van der Waals surface area contributed by atoms with Crippen LogP contribution in [0.5, 0.6) is 0 Å². The van der Waals surface area contributed by atoms with Crippen molar-refractivity contribution in [2.24, 2.45) is 11.3 Å². The summed E-state index contributed by atoms with van der Waals surface area (Å²) in [6.45, 7) is 2.20. The molecular formula is C11H14F2O5S. The van der Waals surface area contributed by atoms with Gasteiger partial charge in [0.25, 0.3) is 10.1 Å². The largest absolute Gasteiger partial charge is 0.456 e. The highest BCUT2D eigenvalue weighted by Crippen LogP contribution is 2.62. The van der Waals surface area contributed by atoms with Gasteiger partial charge in [-0.2, -0.15) is 17.2 Å². The summed E-state index contributed by atoms with van der Waals surface area (Å²) in [7, 11) is -3.83. The highest BCUT2D eigenvalue weighted by atomic mass is 32.2. The molecule has 2 aliphatic carbocycles. The van der Waals surface area contributed by atoms with Crippen LogP contribution >= 0.6 is 0 Å². The van der Waals surface area contributed by atoms with Crippen molar-refractivity contribution in [3.63, 3.8) is 0 Å². The van der Waals surface area contributed by atoms with E-state index in [4.69, 9.17) is 8.92 Å². The first-order valence-electron chi connectivity index (χ1n) is 6.06. The maximum atomic E-state index is 12.9. The van der Waals surface area contributed by atoms with E-state index in [1.165, 1.54) is 0 Å². The number of hydrogen-bond acceptors (Lipinski definition) is 5. The summed E-state index contributed by atoms with van der Waals surface area (Å²) < 4.78 is 59.4. The van der Waals surface area contributed by atoms with Crippen LogP contribution < -0.4 is 0 Å². The van der Waals surface area contributed by atoms with Crippen LogP contribution in [-0.4, -0.2) is 37.8 Å². The van der Waals surface area contributed by atoms with Crippen LogP contribution in [0.4, 0.5) is 8.78 Å². The van der Waals surface area contributed by atoms with Crippen molar-refractivity contribution in [1.29, 1.82) is 0 Å². The van der Waals surface area contributed by atoms with Crippen LogP contribution in [0.15, 0.2) is 0 Å². The SMILES string of the molecule is CC(F)(F)C(=O)OC1C2C3CC1(C)CC3OS2(=O)=O. The predicted molar refractivity (Wildman–Crippen MR) is 58.9 cm³/mol. The van der Waals surface area contributed by atoms with Crippen molar-refractivity contribution in [2.45, 2.75) is 50.1 Å². The van der Waals surface area contributed by atoms with Crippen molar-refractivity contribution in [1.82, 2.24) is 0 Å². The van der Waals surface area contributed by atoms with E-state index in [1.54, 1.807) is 6.92 Å². The van der Waals surface area contributed by atoms with E-state index in [-0.39, 0.29) is 5.92 Å². The predicted octanol–water partition coefficient (Wildman–Crippen LogP) is 1.08. The van der Waals surface area contributed by atoms with E-state index in [0.29, 0.717) is 19.8 Å². The van der Waals surface area contributed by atoms with Crippen molar-refractivity contribution in [3.8, 4) is 0 Å². The molecule has 0 spiro atoms. The average Bonchev–Trinajstić information content (AvgIpc) is 2.71. The van der Waals surface area contributed by atoms with Gasteiger partial charge in [-0.05, 0) is 12.8 Å². The number of rotatable bonds is 2. The number of carbonyl (C=O) groups excluding carboxylic acids is 1. The Bertz CT molecular complexity index is 536. The molecule has 5 nitrogen and oxygen atoms in total. The lowest BCUT2D eigenvalue weighted by atomic mass is 9.82. The minimum absolute atomic E-state index is 0.252. The molecule has 1 heterocycles. The van der Waals surface area contributed by atoms with E-state index in [2.05, 4.69) is 0 Å². The third-order valence-electron chi connectivity index (χ3n) is 4.44. The molecule has 3 rings (SSSR count). The summed E-state index contributed by atoms with van der Waals surface area (Å²) in [6, 6.07) is 0. The minimum Gasteiger partial charge on any atom is -0.456 e. The van der Waals surface area contributed by atoms with Gasteiger partial charge in [-0.25, -0.2) is 4.79 Å². The number of carbonyl (C=O) groups is 1. The van der Waals surface area contributed by atoms with Crippen LogP contribution in [0.3, 0.4) is 0 Å². The lowest BCUT2D eigenvalue weighted by Crippen LogP contribution is -2.46. The molecule has 5 atom stereocenters. The summed E-state index contributed by atoms with van der Waals surface area (Å²) >= 11 is 0. The number of esters is 1. The van der Waals surface area contributed by atoms with Crippen molar-refractivity contribution < 1.29 is 30.9 Å². The first-order chi connectivity index (χ1) is 8.55. The average molecular weight is 296 g/mol. The normalized spacial score (nSPS) is 46.5. The van der Waals surface area contributed by atoms with Gasteiger partial charge >= 0.3 is 11.9 Å². The lowest BCUT2D eigenvalue weighted by Gasteiger charge is -2.32. The number of halogens is 2. The van der Waals surface area contributed by atoms with Crippen molar-refractivity contribution in [2.75, 3.05) is 0 Å². The smallest absolute Gasteiger partial charge is 0.377 e. The highest BCUT2D eigenvalue weighted by molar-refractivity contribution is 7.87. The van der Waals surface area contributed by atoms with Gasteiger partial charge in [0, 0.05) is 18.3 Å². The molecule has 0 aromatic carbocycles. The second-order valence-corrected chi connectivity index (χ2v) is 7.75. The summed E-state index contributed by atoms with van der Waals surface area (Å²) in [5, 5.41) is -0.998. The summed E-state index contributed by atoms with van der Waals surface area (Å²) in [4.78, 5) is 11.3. The van der Waals surface area contributed by atoms with E-state index in [9.17, 15) is 22.0 Å². The second-order valence-electron chi connectivity index (χ2n) is 6.03. The van der Waals surface area contributed by atoms with E-state index < -0.39 is 44.9 Å². The Morgan fingerprint density at radius 2 is 2.05 bits per heavy atom. The van der Waals surface area contributed by atoms with Gasteiger partial charge in [0.15, 0.2) is 0 Å². The second kappa shape index (κ2) is 3.46. The van der Waals surface area contributed by atoms with Crippen LogP contribution in [-0.2, 0) is 23.8 Å². The van der Waals surface area contributed by atoms with Crippen LogP contribution in [0.25, 0.3) is 0 Å². The topological polar surface area (TPSA) is 69.7 Å². The number of ether oxygens (including phenoxy) is 1. The first kappa shape index (κ1) is 13.2. The Balaban J connectivity index is 1.92. The Morgan fingerprint density at radius 1 is 1.42 bits per heavy atom. The molecule has 19 heavy (non-hydrogen) atoms. The minimum atomic E-state index is -3.83. The molecule has 0 amide bonds. The molecule has 0 aromatic heterocycles. The molecule has 0 aromatic rings. The lowest BCUT2D eigenvalue weighted by molar-refractivity contribution is -0.180. The zero-order chi connectivity index (χ0) is 14.2. The molecule has 3 aliphatic rings. The number of fused-ring (bicyclic) bond motifs is 1. The Labute approximate surface area is 109 Å². The van der Waals surface area contributed by atoms with E-state index in [1.807, 2.05) is 0 Å². The zero-order valence-electron chi connectivity index (χ0n) is 10.4. The first-order valence-corrected chi connectivity index (χ1v) is 7.53. The molecule has 5 unspecified atom stereocenters. The molecule has 3 fully saturated rings. The Hall–Kier alpha value is -0.760. The van der Waals surface area contributed by atoms with Gasteiger partial charge < -0.3 is 4.74 Å². The molecule has 0 N–H and O–H groups in total. The van der Waals surface area contributed by atoms with Crippen molar-refractivity contribution in [3.05, 3.63) is 0 Å². The molecule has 1 aliphatic heterocycles. The summed E-state index contributed by atoms with van der Waals surface area (Å²) in [6.07, 6.45) is -0.494. The van der Waals surface area contributed by atoms with Gasteiger partial charge in [-0.3, -0.25) is 4.18 Å². The van der Waals surface area contributed by atoms with Gasteiger partial charge in [0.1, 0.15) is 11.4 Å². The Morgan fingerprint density at radius 3 is 2.63 bits per heavy atom. The van der Waals surface area contributed by atoms with E-state index >= 15 is 0 Å². The number of alkyl halides is 2. The van der Waals surface area contributed by atoms with Gasteiger partial charge in [-0.15, -0.1) is 0 Å². The van der Waals surface area contributed by atoms with E-state index in [0.717, 1.165) is 0 Å².